The molecule has 0 aliphatic carbocycles. The molecule has 0 bridgehead atoms. The van der Waals surface area contributed by atoms with Gasteiger partial charge in [0.25, 0.3) is 0 Å². The molecular weight excluding hydrogens is 266 g/mol. The molecule has 0 saturated heterocycles. The zero-order chi connectivity index (χ0) is 13.6. The van der Waals surface area contributed by atoms with E-state index in [0.717, 1.165) is 21.8 Å². The summed E-state index contributed by atoms with van der Waals surface area (Å²) in [6.07, 6.45) is 2.00. The smallest absolute Gasteiger partial charge is 0.181 e. The molecule has 0 unspecified atom stereocenters. The quantitative estimate of drug-likeness (QED) is 0.733. The number of aromatic nitrogens is 1. The Morgan fingerprint density at radius 3 is 2.45 bits per heavy atom. The van der Waals surface area contributed by atoms with Crippen LogP contribution < -0.4 is 0 Å². The van der Waals surface area contributed by atoms with Crippen molar-refractivity contribution in [2.45, 2.75) is 9.83 Å². The Bertz CT molecular complexity index is 765. The molecule has 1 aromatic heterocycles. The van der Waals surface area contributed by atoms with Crippen LogP contribution in [-0.4, -0.2) is 9.67 Å². The van der Waals surface area contributed by atoms with Gasteiger partial charge in [0.05, 0.1) is 11.4 Å². The SMILES string of the molecule is O[C@@]1(c2ccccc2)Sc2ccccc2-n2cccc21. The largest absolute Gasteiger partial charge is 0.370 e. The third kappa shape index (κ3) is 1.57. The van der Waals surface area contributed by atoms with Gasteiger partial charge in [0.15, 0.2) is 4.93 Å². The van der Waals surface area contributed by atoms with Gasteiger partial charge in [-0.1, -0.05) is 54.2 Å². The number of nitrogens with zero attached hydrogens (tertiary/aromatic N) is 1. The zero-order valence-electron chi connectivity index (χ0n) is 10.7. The van der Waals surface area contributed by atoms with Gasteiger partial charge < -0.3 is 9.67 Å². The van der Waals surface area contributed by atoms with E-state index in [9.17, 15) is 5.11 Å². The first-order chi connectivity index (χ1) is 9.79. The Morgan fingerprint density at radius 2 is 1.60 bits per heavy atom. The second kappa shape index (κ2) is 4.27. The van der Waals surface area contributed by atoms with Gasteiger partial charge >= 0.3 is 0 Å². The van der Waals surface area contributed by atoms with Crippen LogP contribution in [0.15, 0.2) is 77.8 Å². The molecule has 1 N–H and O–H groups in total. The average Bonchev–Trinajstić information content (AvgIpc) is 2.99. The highest BCUT2D eigenvalue weighted by Gasteiger charge is 2.39. The third-order valence-corrected chi connectivity index (χ3v) is 4.95. The fourth-order valence-corrected chi connectivity index (χ4v) is 3.95. The van der Waals surface area contributed by atoms with Crippen LogP contribution in [0.25, 0.3) is 5.69 Å². The van der Waals surface area contributed by atoms with Crippen molar-refractivity contribution < 1.29 is 5.11 Å². The van der Waals surface area contributed by atoms with Gasteiger partial charge in [-0.05, 0) is 24.3 Å². The Hall–Kier alpha value is -1.97. The van der Waals surface area contributed by atoms with Crippen LogP contribution in [0.2, 0.25) is 0 Å². The number of fused-ring (bicyclic) bond motifs is 3. The number of hydrogen-bond acceptors (Lipinski definition) is 2. The lowest BCUT2D eigenvalue weighted by Crippen LogP contribution is -2.29. The summed E-state index contributed by atoms with van der Waals surface area (Å²) in [6.45, 7) is 0. The minimum atomic E-state index is -1.04. The highest BCUT2D eigenvalue weighted by atomic mass is 32.2. The van der Waals surface area contributed by atoms with Gasteiger partial charge in [-0.3, -0.25) is 0 Å². The van der Waals surface area contributed by atoms with E-state index in [0.29, 0.717) is 0 Å². The van der Waals surface area contributed by atoms with Gasteiger partial charge in [0, 0.05) is 16.7 Å². The first-order valence-corrected chi connectivity index (χ1v) is 7.35. The van der Waals surface area contributed by atoms with Crippen molar-refractivity contribution in [3.63, 3.8) is 0 Å². The lowest BCUT2D eigenvalue weighted by Gasteiger charge is -2.34. The Kier molecular flexibility index (Phi) is 2.52. The second-order valence-electron chi connectivity index (χ2n) is 4.84. The summed E-state index contributed by atoms with van der Waals surface area (Å²) in [5, 5.41) is 11.3. The standard InChI is InChI=1S/C17H13NOS/c19-17(13-7-2-1-3-8-13)16-11-6-12-18(16)14-9-4-5-10-15(14)20-17/h1-12,19H/t17-/m0/s1. The van der Waals surface area contributed by atoms with E-state index in [2.05, 4.69) is 16.7 Å². The summed E-state index contributed by atoms with van der Waals surface area (Å²) in [5.74, 6) is 0. The molecule has 2 heterocycles. The molecule has 98 valence electrons. The van der Waals surface area contributed by atoms with Gasteiger partial charge in [-0.2, -0.15) is 0 Å². The van der Waals surface area contributed by atoms with E-state index < -0.39 is 4.93 Å². The van der Waals surface area contributed by atoms with Crippen molar-refractivity contribution in [1.82, 2.24) is 4.57 Å². The van der Waals surface area contributed by atoms with E-state index in [1.54, 1.807) is 0 Å². The summed E-state index contributed by atoms with van der Waals surface area (Å²) < 4.78 is 2.07. The van der Waals surface area contributed by atoms with Crippen LogP contribution in [0, 0.1) is 0 Å². The molecule has 0 amide bonds. The van der Waals surface area contributed by atoms with Crippen LogP contribution in [0.1, 0.15) is 11.3 Å². The molecule has 3 heteroatoms. The molecule has 0 spiro atoms. The maximum atomic E-state index is 11.3. The molecule has 2 nitrogen and oxygen atoms in total. The van der Waals surface area contributed by atoms with Gasteiger partial charge in [0.2, 0.25) is 0 Å². The molecule has 3 aromatic rings. The molecule has 4 rings (SSSR count). The lowest BCUT2D eigenvalue weighted by atomic mass is 10.1. The van der Waals surface area contributed by atoms with Crippen LogP contribution in [0.3, 0.4) is 0 Å². The van der Waals surface area contributed by atoms with Crippen molar-refractivity contribution in [2.24, 2.45) is 0 Å². The summed E-state index contributed by atoms with van der Waals surface area (Å²) in [6, 6.07) is 21.9. The predicted octanol–water partition coefficient (Wildman–Crippen LogP) is 3.78. The Morgan fingerprint density at radius 1 is 0.850 bits per heavy atom. The molecule has 1 atom stereocenters. The fraction of sp³-hybridized carbons (Fsp3) is 0.0588. The number of para-hydroxylation sites is 1. The Labute approximate surface area is 121 Å². The third-order valence-electron chi connectivity index (χ3n) is 3.64. The Balaban J connectivity index is 1.98. The van der Waals surface area contributed by atoms with E-state index in [1.165, 1.54) is 11.8 Å². The summed E-state index contributed by atoms with van der Waals surface area (Å²) >= 11 is 1.49. The van der Waals surface area contributed by atoms with Crippen LogP contribution >= 0.6 is 11.8 Å². The number of aliphatic hydroxyl groups is 1. The van der Waals surface area contributed by atoms with Crippen molar-refractivity contribution in [1.29, 1.82) is 0 Å². The fourth-order valence-electron chi connectivity index (χ4n) is 2.69. The molecule has 0 saturated carbocycles. The summed E-state index contributed by atoms with van der Waals surface area (Å²) in [5.41, 5.74) is 2.92. The highest BCUT2D eigenvalue weighted by molar-refractivity contribution is 8.00. The van der Waals surface area contributed by atoms with Crippen molar-refractivity contribution in [2.75, 3.05) is 0 Å². The van der Waals surface area contributed by atoms with Gasteiger partial charge in [-0.25, -0.2) is 0 Å². The molecule has 0 radical (unpaired) electrons. The molecular formula is C17H13NOS. The molecule has 1 aliphatic heterocycles. The second-order valence-corrected chi connectivity index (χ2v) is 6.08. The van der Waals surface area contributed by atoms with E-state index in [-0.39, 0.29) is 0 Å². The van der Waals surface area contributed by atoms with E-state index >= 15 is 0 Å². The van der Waals surface area contributed by atoms with Crippen LogP contribution in [0.5, 0.6) is 0 Å². The first kappa shape index (κ1) is 11.8. The molecule has 0 fully saturated rings. The number of hydrogen-bond donors (Lipinski definition) is 1. The number of benzene rings is 2. The molecule has 1 aliphatic rings. The predicted molar refractivity (Wildman–Crippen MR) is 81.1 cm³/mol. The molecule has 2 aromatic carbocycles. The maximum Gasteiger partial charge on any atom is 0.181 e. The minimum Gasteiger partial charge on any atom is -0.370 e. The van der Waals surface area contributed by atoms with Gasteiger partial charge in [0.1, 0.15) is 0 Å². The van der Waals surface area contributed by atoms with Crippen molar-refractivity contribution in [3.05, 3.63) is 84.2 Å². The normalized spacial score (nSPS) is 20.2. The lowest BCUT2D eigenvalue weighted by molar-refractivity contribution is 0.172. The zero-order valence-corrected chi connectivity index (χ0v) is 11.5. The van der Waals surface area contributed by atoms with Crippen LogP contribution in [-0.2, 0) is 4.93 Å². The number of rotatable bonds is 1. The first-order valence-electron chi connectivity index (χ1n) is 6.53. The number of thioether (sulfide) groups is 1. The van der Waals surface area contributed by atoms with Gasteiger partial charge in [-0.15, -0.1) is 0 Å². The minimum absolute atomic E-state index is 0.896. The van der Waals surface area contributed by atoms with E-state index in [4.69, 9.17) is 0 Å². The van der Waals surface area contributed by atoms with Crippen molar-refractivity contribution in [3.8, 4) is 5.69 Å². The summed E-state index contributed by atoms with van der Waals surface area (Å²) in [4.78, 5) is 0.0432. The average molecular weight is 279 g/mol. The maximum absolute atomic E-state index is 11.3. The van der Waals surface area contributed by atoms with Crippen LogP contribution in [0.4, 0.5) is 0 Å². The van der Waals surface area contributed by atoms with Crippen molar-refractivity contribution >= 4 is 11.8 Å². The molecule has 20 heavy (non-hydrogen) atoms. The van der Waals surface area contributed by atoms with E-state index in [1.807, 2.05) is 60.8 Å². The summed E-state index contributed by atoms with van der Waals surface area (Å²) in [7, 11) is 0. The topological polar surface area (TPSA) is 25.2 Å². The highest BCUT2D eigenvalue weighted by Crippen LogP contribution is 2.50. The monoisotopic (exact) mass is 279 g/mol.